The summed E-state index contributed by atoms with van der Waals surface area (Å²) in [7, 11) is -4.12. The van der Waals surface area contributed by atoms with Crippen molar-refractivity contribution in [3.8, 4) is 0 Å². The summed E-state index contributed by atoms with van der Waals surface area (Å²) >= 11 is 0. The predicted octanol–water partition coefficient (Wildman–Crippen LogP) is 0.708. The number of sulfonamides is 1. The summed E-state index contributed by atoms with van der Waals surface area (Å²) in [6.07, 6.45) is 1.85. The Morgan fingerprint density at radius 1 is 1.45 bits per heavy atom. The molecule has 0 aliphatic heterocycles. The van der Waals surface area contributed by atoms with Crippen LogP contribution in [0.5, 0.6) is 0 Å². The van der Waals surface area contributed by atoms with Crippen LogP contribution in [-0.2, 0) is 10.0 Å². The number of hydrazine groups is 1. The summed E-state index contributed by atoms with van der Waals surface area (Å²) in [5.74, 6) is 4.16. The largest absolute Gasteiger partial charge is 0.323 e. The molecule has 1 aromatic carbocycles. The Labute approximate surface area is 114 Å². The second-order valence-corrected chi connectivity index (χ2v) is 6.20. The van der Waals surface area contributed by atoms with E-state index in [0.29, 0.717) is 6.07 Å². The van der Waals surface area contributed by atoms with Crippen LogP contribution in [0.25, 0.3) is 0 Å². The molecule has 4 N–H and O–H groups in total. The molecule has 0 atom stereocenters. The van der Waals surface area contributed by atoms with Crippen molar-refractivity contribution in [2.45, 2.75) is 17.7 Å². The number of rotatable bonds is 6. The lowest BCUT2D eigenvalue weighted by Gasteiger charge is -2.11. The van der Waals surface area contributed by atoms with E-state index in [1.54, 1.807) is 0 Å². The molecule has 0 saturated heterocycles. The number of anilines is 1. The van der Waals surface area contributed by atoms with E-state index in [1.807, 2.05) is 5.43 Å². The molecule has 0 heterocycles. The molecule has 110 valence electrons. The molecule has 0 aromatic heterocycles. The third-order valence-electron chi connectivity index (χ3n) is 2.92. The van der Waals surface area contributed by atoms with Crippen LogP contribution in [0.3, 0.4) is 0 Å². The predicted molar refractivity (Wildman–Crippen MR) is 68.8 cm³/mol. The van der Waals surface area contributed by atoms with Gasteiger partial charge in [0.05, 0.1) is 16.7 Å². The number of hydrogen-bond donors (Lipinski definition) is 3. The van der Waals surface area contributed by atoms with E-state index in [2.05, 4.69) is 4.72 Å². The molecule has 1 aliphatic carbocycles. The van der Waals surface area contributed by atoms with E-state index in [0.717, 1.165) is 18.9 Å². The third-order valence-corrected chi connectivity index (χ3v) is 4.42. The standard InChI is InChI=1S/C10H13FN4O4S/c11-8-3-7(15(16)17)4-9(14-12)10(8)20(18,19)13-5-6-1-2-6/h3-4,6,13-14H,1-2,5,12H2. The molecule has 0 radical (unpaired) electrons. The fourth-order valence-corrected chi connectivity index (χ4v) is 3.01. The van der Waals surface area contributed by atoms with Gasteiger partial charge in [-0.2, -0.15) is 0 Å². The van der Waals surface area contributed by atoms with Crippen molar-refractivity contribution in [2.24, 2.45) is 11.8 Å². The lowest BCUT2D eigenvalue weighted by molar-refractivity contribution is -0.385. The van der Waals surface area contributed by atoms with Gasteiger partial charge in [0.2, 0.25) is 10.0 Å². The first-order valence-corrected chi connectivity index (χ1v) is 7.27. The summed E-state index contributed by atoms with van der Waals surface area (Å²) in [4.78, 5) is 9.06. The van der Waals surface area contributed by atoms with E-state index < -0.39 is 31.3 Å². The highest BCUT2D eigenvalue weighted by atomic mass is 32.2. The van der Waals surface area contributed by atoms with Crippen LogP contribution in [-0.4, -0.2) is 19.9 Å². The molecule has 0 unspecified atom stereocenters. The van der Waals surface area contributed by atoms with E-state index >= 15 is 0 Å². The third kappa shape index (κ3) is 3.03. The second-order valence-electron chi connectivity index (χ2n) is 4.50. The summed E-state index contributed by atoms with van der Waals surface area (Å²) in [6, 6.07) is 1.42. The molecule has 0 spiro atoms. The summed E-state index contributed by atoms with van der Waals surface area (Å²) in [5, 5.41) is 10.6. The van der Waals surface area contributed by atoms with E-state index in [9.17, 15) is 22.9 Å². The normalized spacial score (nSPS) is 15.1. The number of nitro groups is 1. The number of halogens is 1. The van der Waals surface area contributed by atoms with Crippen LogP contribution in [0.2, 0.25) is 0 Å². The van der Waals surface area contributed by atoms with Crippen LogP contribution in [0.4, 0.5) is 15.8 Å². The molecule has 1 aliphatic rings. The number of nitrogens with zero attached hydrogens (tertiary/aromatic N) is 1. The van der Waals surface area contributed by atoms with Crippen LogP contribution in [0, 0.1) is 21.8 Å². The number of nitro benzene ring substituents is 1. The van der Waals surface area contributed by atoms with Gasteiger partial charge in [0, 0.05) is 12.6 Å². The lowest BCUT2D eigenvalue weighted by Crippen LogP contribution is -2.28. The molecule has 1 fully saturated rings. The first-order chi connectivity index (χ1) is 9.35. The number of hydrogen-bond acceptors (Lipinski definition) is 6. The molecule has 20 heavy (non-hydrogen) atoms. The highest BCUT2D eigenvalue weighted by molar-refractivity contribution is 7.89. The Hall–Kier alpha value is -1.78. The van der Waals surface area contributed by atoms with Crippen molar-refractivity contribution in [3.05, 3.63) is 28.1 Å². The Morgan fingerprint density at radius 2 is 2.10 bits per heavy atom. The van der Waals surface area contributed by atoms with Gasteiger partial charge in [0.15, 0.2) is 5.82 Å². The zero-order valence-electron chi connectivity index (χ0n) is 10.3. The second kappa shape index (κ2) is 5.31. The van der Waals surface area contributed by atoms with Crippen LogP contribution in [0.15, 0.2) is 17.0 Å². The molecule has 0 bridgehead atoms. The van der Waals surface area contributed by atoms with Gasteiger partial charge in [-0.25, -0.2) is 17.5 Å². The number of non-ortho nitro benzene ring substituents is 1. The van der Waals surface area contributed by atoms with Gasteiger partial charge in [-0.1, -0.05) is 0 Å². The maximum atomic E-state index is 13.9. The quantitative estimate of drug-likeness (QED) is 0.403. The average molecular weight is 304 g/mol. The average Bonchev–Trinajstić information content (AvgIpc) is 3.19. The fraction of sp³-hybridized carbons (Fsp3) is 0.400. The number of benzene rings is 1. The van der Waals surface area contributed by atoms with Crippen molar-refractivity contribution < 1.29 is 17.7 Å². The molecular formula is C10H13FN4O4S. The highest BCUT2D eigenvalue weighted by Crippen LogP contribution is 2.31. The monoisotopic (exact) mass is 304 g/mol. The zero-order chi connectivity index (χ0) is 14.9. The fourth-order valence-electron chi connectivity index (χ4n) is 1.69. The number of nitrogen functional groups attached to an aromatic ring is 1. The zero-order valence-corrected chi connectivity index (χ0v) is 11.1. The van der Waals surface area contributed by atoms with Crippen LogP contribution in [0.1, 0.15) is 12.8 Å². The summed E-state index contributed by atoms with van der Waals surface area (Å²) in [5.41, 5.74) is 1.03. The van der Waals surface area contributed by atoms with Crippen LogP contribution < -0.4 is 16.0 Å². The minimum Gasteiger partial charge on any atom is -0.323 e. The Balaban J connectivity index is 2.40. The Morgan fingerprint density at radius 3 is 2.60 bits per heavy atom. The SMILES string of the molecule is NNc1cc([N+](=O)[O-])cc(F)c1S(=O)(=O)NCC1CC1. The van der Waals surface area contributed by atoms with Crippen molar-refractivity contribution in [2.75, 3.05) is 12.0 Å². The van der Waals surface area contributed by atoms with Crippen molar-refractivity contribution in [1.29, 1.82) is 0 Å². The van der Waals surface area contributed by atoms with Crippen LogP contribution >= 0.6 is 0 Å². The van der Waals surface area contributed by atoms with E-state index in [4.69, 9.17) is 5.84 Å². The minimum absolute atomic E-state index is 0.211. The van der Waals surface area contributed by atoms with Gasteiger partial charge in [-0.05, 0) is 18.8 Å². The molecule has 10 heteroatoms. The maximum Gasteiger partial charge on any atom is 0.274 e. The highest BCUT2D eigenvalue weighted by Gasteiger charge is 2.29. The summed E-state index contributed by atoms with van der Waals surface area (Å²) in [6.45, 7) is 0.211. The van der Waals surface area contributed by atoms with Gasteiger partial charge < -0.3 is 5.43 Å². The van der Waals surface area contributed by atoms with Gasteiger partial charge in [0.1, 0.15) is 4.90 Å². The molecule has 2 rings (SSSR count). The minimum atomic E-state index is -4.12. The van der Waals surface area contributed by atoms with Gasteiger partial charge in [-0.3, -0.25) is 16.0 Å². The van der Waals surface area contributed by atoms with E-state index in [1.165, 1.54) is 0 Å². The van der Waals surface area contributed by atoms with Gasteiger partial charge in [-0.15, -0.1) is 0 Å². The number of nitrogens with two attached hydrogens (primary N) is 1. The Kier molecular flexibility index (Phi) is 3.88. The summed E-state index contributed by atoms with van der Waals surface area (Å²) < 4.78 is 40.2. The van der Waals surface area contributed by atoms with Gasteiger partial charge >= 0.3 is 0 Å². The first-order valence-electron chi connectivity index (χ1n) is 5.79. The first kappa shape index (κ1) is 14.6. The smallest absolute Gasteiger partial charge is 0.274 e. The molecule has 1 aromatic rings. The lowest BCUT2D eigenvalue weighted by atomic mass is 10.3. The van der Waals surface area contributed by atoms with Crippen molar-refractivity contribution in [3.63, 3.8) is 0 Å². The van der Waals surface area contributed by atoms with Crippen molar-refractivity contribution in [1.82, 2.24) is 4.72 Å². The molecule has 1 saturated carbocycles. The van der Waals surface area contributed by atoms with E-state index in [-0.39, 0.29) is 18.2 Å². The molecular weight excluding hydrogens is 291 g/mol. The maximum absolute atomic E-state index is 13.9. The van der Waals surface area contributed by atoms with Gasteiger partial charge in [0.25, 0.3) is 5.69 Å². The molecule has 8 nitrogen and oxygen atoms in total. The van der Waals surface area contributed by atoms with Crippen molar-refractivity contribution >= 4 is 21.4 Å². The number of nitrogens with one attached hydrogen (secondary N) is 2. The molecule has 0 amide bonds. The Bertz CT molecular complexity index is 645. The topological polar surface area (TPSA) is 127 Å².